The van der Waals surface area contributed by atoms with Gasteiger partial charge in [0.15, 0.2) is 40.3 Å². The van der Waals surface area contributed by atoms with Crippen LogP contribution in [0.3, 0.4) is 0 Å². The van der Waals surface area contributed by atoms with Gasteiger partial charge in [0.25, 0.3) is 13.1 Å². The van der Waals surface area contributed by atoms with Crippen molar-refractivity contribution in [2.75, 3.05) is 125 Å². The van der Waals surface area contributed by atoms with Crippen molar-refractivity contribution in [2.24, 2.45) is 5.73 Å². The fourth-order valence-corrected chi connectivity index (χ4v) is 15.2. The highest BCUT2D eigenvalue weighted by Crippen LogP contribution is 2.58. The number of hydrogen-bond donors (Lipinski definition) is 5. The van der Waals surface area contributed by atoms with Crippen LogP contribution in [0.15, 0.2) is 36.4 Å². The van der Waals surface area contributed by atoms with Gasteiger partial charge in [-0.3, -0.25) is 42.0 Å². The molecule has 9 heterocycles. The first-order chi connectivity index (χ1) is 36.5. The second-order valence-electron chi connectivity index (χ2n) is 19.4. The van der Waals surface area contributed by atoms with Crippen LogP contribution in [0.2, 0.25) is 0 Å². The number of anilines is 3. The molecule has 33 nitrogen and oxygen atoms in total. The fourth-order valence-electron chi connectivity index (χ4n) is 9.39. The molecule has 36 heteroatoms. The zero-order chi connectivity index (χ0) is 55.3. The maximum atomic E-state index is 15.7. The predicted octanol–water partition coefficient (Wildman–Crippen LogP) is 0.182. The number of nitrogens with two attached hydrogens (primary N) is 4. The summed E-state index contributed by atoms with van der Waals surface area (Å²) in [6.45, 7) is 2.39. The number of carbonyl (C=O) groups excluding carboxylic acids is 1. The van der Waals surface area contributed by atoms with E-state index in [2.05, 4.69) is 44.9 Å². The molecular weight excluding hydrogens is 1070 g/mol. The lowest BCUT2D eigenvalue weighted by atomic mass is 10.2. The van der Waals surface area contributed by atoms with Gasteiger partial charge in [-0.2, -0.15) is 4.98 Å². The molecule has 3 fully saturated rings. The van der Waals surface area contributed by atoms with E-state index >= 15 is 9.13 Å². The summed E-state index contributed by atoms with van der Waals surface area (Å²) < 4.78 is 97.0. The Morgan fingerprint density at radius 2 is 1.08 bits per heavy atom. The average molecular weight is 1140 g/mol. The molecule has 6 aromatic heterocycles. The second-order valence-corrected chi connectivity index (χ2v) is 27.8. The molecule has 3 saturated heterocycles. The van der Waals surface area contributed by atoms with Crippen molar-refractivity contribution < 1.29 is 46.3 Å². The number of ether oxygens (including phenoxy) is 3. The summed E-state index contributed by atoms with van der Waals surface area (Å²) in [7, 11) is -1.76. The number of carbonyl (C=O) groups is 1. The van der Waals surface area contributed by atoms with E-state index in [9.17, 15) is 14.2 Å². The van der Waals surface area contributed by atoms with Crippen LogP contribution in [-0.4, -0.2) is 225 Å². The SMILES string of the molecule is CC(C)P(=O)(OC[C@@H]1CN(P(=O)(OC[C@@H]2CN(P(=O)(OC[C@@H]3CN(C(=O)CN)C[C@H](n4cnc5c(=O)[nH]c(N)nc54)O3)N(C)C)C[C@H](n3cnc4c(N)ncnc43)O2)N(C)C)C[C@H](n2cnc3c(N)ncnc32)O1)N(C)C. The van der Waals surface area contributed by atoms with Crippen LogP contribution in [0.1, 0.15) is 32.5 Å². The third-order valence-corrected chi connectivity index (χ3v) is 21.3. The molecular formula is C41H65N22O11P3. The molecule has 9 N–H and O–H groups in total. The minimum atomic E-state index is -4.11. The summed E-state index contributed by atoms with van der Waals surface area (Å²) in [6, 6.07) is 0. The zero-order valence-corrected chi connectivity index (χ0v) is 46.4. The predicted molar refractivity (Wildman–Crippen MR) is 279 cm³/mol. The molecule has 0 aromatic carbocycles. The summed E-state index contributed by atoms with van der Waals surface area (Å²) in [5.74, 6) is -0.266. The number of nitrogen functional groups attached to an aromatic ring is 3. The lowest BCUT2D eigenvalue weighted by Crippen LogP contribution is -2.52. The Morgan fingerprint density at radius 1 is 0.636 bits per heavy atom. The molecule has 3 aliphatic heterocycles. The van der Waals surface area contributed by atoms with E-state index in [1.807, 2.05) is 0 Å². The number of H-pyrrole nitrogens is 1. The number of rotatable bonds is 19. The number of morpholine rings is 3. The summed E-state index contributed by atoms with van der Waals surface area (Å²) >= 11 is 0. The van der Waals surface area contributed by atoms with E-state index in [-0.39, 0.29) is 100 Å². The number of aromatic amines is 1. The summed E-state index contributed by atoms with van der Waals surface area (Å²) in [6.07, 6.45) is 1.47. The standard InChI is InChI=1S/C41H65N22O11P3/c1-24(2)75(66,55(3)4)69-16-26-11-59(14-30(73-26)61-21-50-32-35(43)46-19-48-37(32)61)77(68,57(7)8)71-18-27-12-60(15-31(74-27)62-22-51-33-36(44)47-20-49-38(33)62)76(67,56(5)6)70-17-25-10-58(28(64)9-42)13-29(72-25)63-23-52-34-39(63)53-41(45)54-40(34)65/h19-27,29-31H,9-18,42H2,1-8H3,(H2,43,46,48)(H2,44,47,49)(H3,45,53,54,65)/t25-,26-,27-,29+,30+,31+,75?,76?,77?/m0/s1. The molecule has 77 heavy (non-hydrogen) atoms. The molecule has 3 unspecified atom stereocenters. The Hall–Kier alpha value is -5.47. The lowest BCUT2D eigenvalue weighted by molar-refractivity contribution is -0.157. The Morgan fingerprint density at radius 3 is 1.53 bits per heavy atom. The highest BCUT2D eigenvalue weighted by Gasteiger charge is 2.47. The van der Waals surface area contributed by atoms with Gasteiger partial charge in [0, 0.05) is 25.3 Å². The van der Waals surface area contributed by atoms with Crippen LogP contribution in [0.4, 0.5) is 17.6 Å². The first-order valence-electron chi connectivity index (χ1n) is 24.3. The summed E-state index contributed by atoms with van der Waals surface area (Å²) in [5.41, 5.74) is 24.6. The minimum Gasteiger partial charge on any atom is -0.382 e. The fraction of sp³-hybridized carbons (Fsp3) is 0.610. The Labute approximate surface area is 441 Å². The molecule has 0 aliphatic carbocycles. The average Bonchev–Trinajstić information content (AvgIpc) is 4.18. The first kappa shape index (κ1) is 56.3. The number of imidazole rings is 3. The van der Waals surface area contributed by atoms with Gasteiger partial charge in [-0.15, -0.1) is 0 Å². The van der Waals surface area contributed by atoms with Gasteiger partial charge in [0.1, 0.15) is 42.2 Å². The normalized spacial score (nSPS) is 24.6. The number of fused-ring (bicyclic) bond motifs is 3. The maximum absolute atomic E-state index is 15.7. The van der Waals surface area contributed by atoms with Gasteiger partial charge < -0.3 is 55.6 Å². The summed E-state index contributed by atoms with van der Waals surface area (Å²) in [5, 5.41) is 0. The molecule has 9 atom stereocenters. The largest absolute Gasteiger partial charge is 0.382 e. The number of nitrogens with one attached hydrogen (secondary N) is 1. The van der Waals surface area contributed by atoms with E-state index in [1.54, 1.807) is 79.3 Å². The molecule has 0 bridgehead atoms. The maximum Gasteiger partial charge on any atom is 0.345 e. The monoisotopic (exact) mass is 1130 g/mol. The van der Waals surface area contributed by atoms with E-state index in [0.29, 0.717) is 22.3 Å². The minimum absolute atomic E-state index is 0.00424. The molecule has 1 amide bonds. The van der Waals surface area contributed by atoms with Crippen LogP contribution in [0.5, 0.6) is 0 Å². The second kappa shape index (κ2) is 22.3. The Bertz CT molecular complexity index is 3300. The van der Waals surface area contributed by atoms with Gasteiger partial charge in [-0.25, -0.2) is 58.2 Å². The van der Waals surface area contributed by atoms with Crippen LogP contribution in [-0.2, 0) is 46.3 Å². The number of amides is 1. The van der Waals surface area contributed by atoms with Crippen molar-refractivity contribution in [1.29, 1.82) is 0 Å². The molecule has 0 saturated carbocycles. The molecule has 9 rings (SSSR count). The highest BCUT2D eigenvalue weighted by atomic mass is 31.2. The molecule has 0 spiro atoms. The number of aromatic nitrogens is 12. The smallest absolute Gasteiger partial charge is 0.345 e. The number of nitrogens with zero attached hydrogens (tertiary/aromatic N) is 17. The summed E-state index contributed by atoms with van der Waals surface area (Å²) in [4.78, 5) is 64.1. The highest BCUT2D eigenvalue weighted by molar-refractivity contribution is 7.57. The third kappa shape index (κ3) is 11.0. The van der Waals surface area contributed by atoms with Gasteiger partial charge in [-0.1, -0.05) is 13.8 Å². The van der Waals surface area contributed by atoms with E-state index < -0.39 is 71.3 Å². The first-order valence-corrected chi connectivity index (χ1v) is 29.1. The van der Waals surface area contributed by atoms with E-state index in [4.69, 9.17) is 50.7 Å². The molecule has 420 valence electrons. The van der Waals surface area contributed by atoms with Crippen LogP contribution >= 0.6 is 22.9 Å². The molecule has 3 aliphatic rings. The molecule has 6 aromatic rings. The van der Waals surface area contributed by atoms with E-state index in [0.717, 1.165) is 0 Å². The van der Waals surface area contributed by atoms with Gasteiger partial charge >= 0.3 is 15.3 Å². The van der Waals surface area contributed by atoms with Crippen LogP contribution < -0.4 is 28.5 Å². The van der Waals surface area contributed by atoms with Crippen LogP contribution in [0.25, 0.3) is 33.5 Å². The topological polar surface area (TPSA) is 398 Å². The van der Waals surface area contributed by atoms with Crippen molar-refractivity contribution in [3.8, 4) is 0 Å². The Kier molecular flexibility index (Phi) is 16.3. The quantitative estimate of drug-likeness (QED) is 0.0675. The van der Waals surface area contributed by atoms with Crippen molar-refractivity contribution >= 4 is 79.8 Å². The van der Waals surface area contributed by atoms with Crippen molar-refractivity contribution in [1.82, 2.24) is 86.8 Å². The van der Waals surface area contributed by atoms with Crippen LogP contribution in [0, 0.1) is 0 Å². The zero-order valence-electron chi connectivity index (χ0n) is 43.7. The van der Waals surface area contributed by atoms with Crippen molar-refractivity contribution in [3.63, 3.8) is 0 Å². The third-order valence-electron chi connectivity index (χ3n) is 13.3. The van der Waals surface area contributed by atoms with Gasteiger partial charge in [0.2, 0.25) is 11.9 Å². The number of hydrogen-bond acceptors (Lipinski definition) is 23. The van der Waals surface area contributed by atoms with Crippen molar-refractivity contribution in [3.05, 3.63) is 42.0 Å². The van der Waals surface area contributed by atoms with Crippen molar-refractivity contribution in [2.45, 2.75) is 56.5 Å². The van der Waals surface area contributed by atoms with E-state index in [1.165, 1.54) is 50.4 Å². The Balaban J connectivity index is 1.00. The lowest BCUT2D eigenvalue weighted by Gasteiger charge is -2.45. The van der Waals surface area contributed by atoms with Gasteiger partial charge in [-0.05, 0) is 42.3 Å². The molecule has 0 radical (unpaired) electrons. The van der Waals surface area contributed by atoms with Gasteiger partial charge in [0.05, 0.1) is 77.2 Å².